The molecule has 20 heavy (non-hydrogen) atoms. The van der Waals surface area contributed by atoms with Crippen molar-refractivity contribution in [2.45, 2.75) is 45.3 Å². The number of rotatable bonds is 3. The number of ether oxygens (including phenoxy) is 1. The van der Waals surface area contributed by atoms with Gasteiger partial charge in [-0.05, 0) is 19.3 Å². The molecule has 0 spiro atoms. The molecule has 1 aliphatic carbocycles. The minimum absolute atomic E-state index is 0.0770. The number of carbonyl (C=O) groups excluding carboxylic acids is 1. The van der Waals surface area contributed by atoms with E-state index >= 15 is 0 Å². The molecule has 2 amide bonds. The van der Waals surface area contributed by atoms with E-state index in [0.717, 1.165) is 12.8 Å². The van der Waals surface area contributed by atoms with E-state index in [1.807, 2.05) is 0 Å². The van der Waals surface area contributed by atoms with E-state index in [4.69, 9.17) is 9.84 Å². The summed E-state index contributed by atoms with van der Waals surface area (Å²) in [7, 11) is 1.69. The van der Waals surface area contributed by atoms with Crippen molar-refractivity contribution in [1.82, 2.24) is 10.2 Å². The zero-order chi connectivity index (χ0) is 14.9. The first kappa shape index (κ1) is 15.1. The summed E-state index contributed by atoms with van der Waals surface area (Å²) in [6, 6.07) is -0.0614. The van der Waals surface area contributed by atoms with Gasteiger partial charge in [0.1, 0.15) is 0 Å². The second-order valence-electron chi connectivity index (χ2n) is 6.41. The molecule has 1 heterocycles. The molecule has 2 unspecified atom stereocenters. The van der Waals surface area contributed by atoms with Crippen molar-refractivity contribution >= 4 is 12.0 Å². The Kier molecular flexibility index (Phi) is 4.22. The van der Waals surface area contributed by atoms with Crippen molar-refractivity contribution in [2.24, 2.45) is 11.3 Å². The van der Waals surface area contributed by atoms with Crippen LogP contribution in [0.3, 0.4) is 0 Å². The monoisotopic (exact) mass is 284 g/mol. The van der Waals surface area contributed by atoms with Crippen molar-refractivity contribution in [3.8, 4) is 0 Å². The van der Waals surface area contributed by atoms with Crippen LogP contribution in [0.25, 0.3) is 0 Å². The largest absolute Gasteiger partial charge is 0.481 e. The van der Waals surface area contributed by atoms with Gasteiger partial charge in [0.2, 0.25) is 0 Å². The molecule has 1 saturated carbocycles. The first-order valence-electron chi connectivity index (χ1n) is 7.17. The molecule has 3 atom stereocenters. The Morgan fingerprint density at radius 2 is 2.10 bits per heavy atom. The highest BCUT2D eigenvalue weighted by Gasteiger charge is 2.49. The lowest BCUT2D eigenvalue weighted by atomic mass is 9.64. The number of amides is 2. The average Bonchev–Trinajstić information content (AvgIpc) is 2.42. The van der Waals surface area contributed by atoms with Crippen LogP contribution in [0.2, 0.25) is 0 Å². The number of methoxy groups -OCH3 is 1. The fraction of sp³-hybridized carbons (Fsp3) is 0.857. The van der Waals surface area contributed by atoms with E-state index < -0.39 is 11.9 Å². The van der Waals surface area contributed by atoms with Crippen LogP contribution in [0.1, 0.15) is 33.1 Å². The average molecular weight is 284 g/mol. The number of piperidine rings is 1. The lowest BCUT2D eigenvalue weighted by Crippen LogP contribution is -2.63. The van der Waals surface area contributed by atoms with Gasteiger partial charge in [-0.15, -0.1) is 0 Å². The zero-order valence-electron chi connectivity index (χ0n) is 12.4. The van der Waals surface area contributed by atoms with Crippen molar-refractivity contribution in [3.05, 3.63) is 0 Å². The molecule has 0 aromatic carbocycles. The molecule has 0 radical (unpaired) electrons. The molecule has 6 heteroatoms. The Morgan fingerprint density at radius 3 is 2.65 bits per heavy atom. The van der Waals surface area contributed by atoms with Crippen molar-refractivity contribution in [1.29, 1.82) is 0 Å². The topological polar surface area (TPSA) is 78.9 Å². The molecule has 1 aliphatic heterocycles. The highest BCUT2D eigenvalue weighted by molar-refractivity contribution is 5.77. The summed E-state index contributed by atoms with van der Waals surface area (Å²) in [5.41, 5.74) is -0.0770. The first-order valence-corrected chi connectivity index (χ1v) is 7.17. The molecule has 2 fully saturated rings. The Bertz CT molecular complexity index is 397. The van der Waals surface area contributed by atoms with E-state index in [1.165, 1.54) is 0 Å². The summed E-state index contributed by atoms with van der Waals surface area (Å²) in [5, 5.41) is 12.1. The number of carboxylic acid groups (broad SMARTS) is 1. The molecule has 0 bridgehead atoms. The Morgan fingerprint density at radius 1 is 1.40 bits per heavy atom. The second-order valence-corrected chi connectivity index (χ2v) is 6.41. The smallest absolute Gasteiger partial charge is 0.317 e. The molecule has 0 aromatic rings. The molecule has 6 nitrogen and oxygen atoms in total. The Balaban J connectivity index is 1.88. The number of urea groups is 1. The van der Waals surface area contributed by atoms with Gasteiger partial charge in [0, 0.05) is 31.7 Å². The van der Waals surface area contributed by atoms with E-state index in [-0.39, 0.29) is 23.6 Å². The van der Waals surface area contributed by atoms with Gasteiger partial charge in [-0.1, -0.05) is 13.8 Å². The molecule has 114 valence electrons. The summed E-state index contributed by atoms with van der Waals surface area (Å²) < 4.78 is 5.36. The van der Waals surface area contributed by atoms with Crippen LogP contribution >= 0.6 is 0 Å². The SMILES string of the molecule is COC1CC(NC(=O)N2CCC[C@H](C(=O)O)C2)C1(C)C. The van der Waals surface area contributed by atoms with Gasteiger partial charge in [0.05, 0.1) is 12.0 Å². The maximum absolute atomic E-state index is 12.2. The maximum atomic E-state index is 12.2. The maximum Gasteiger partial charge on any atom is 0.317 e. The molecular formula is C14H24N2O4. The van der Waals surface area contributed by atoms with Crippen molar-refractivity contribution in [3.63, 3.8) is 0 Å². The third-order valence-corrected chi connectivity index (χ3v) is 4.82. The second kappa shape index (κ2) is 5.60. The number of nitrogens with one attached hydrogen (secondary N) is 1. The molecule has 2 N–H and O–H groups in total. The van der Waals surface area contributed by atoms with Crippen LogP contribution in [0.15, 0.2) is 0 Å². The molecule has 2 rings (SSSR count). The van der Waals surface area contributed by atoms with E-state index in [1.54, 1.807) is 12.0 Å². The minimum atomic E-state index is -0.814. The molecule has 2 aliphatic rings. The van der Waals surface area contributed by atoms with Gasteiger partial charge < -0.3 is 20.1 Å². The lowest BCUT2D eigenvalue weighted by molar-refractivity contribution is -0.143. The lowest BCUT2D eigenvalue weighted by Gasteiger charge is -2.51. The number of nitrogens with zero attached hydrogens (tertiary/aromatic N) is 1. The van der Waals surface area contributed by atoms with Crippen molar-refractivity contribution < 1.29 is 19.4 Å². The number of aliphatic carboxylic acids is 1. The predicted octanol–water partition coefficient (Wildman–Crippen LogP) is 1.31. The molecular weight excluding hydrogens is 260 g/mol. The highest BCUT2D eigenvalue weighted by atomic mass is 16.5. The van der Waals surface area contributed by atoms with E-state index in [9.17, 15) is 9.59 Å². The quantitative estimate of drug-likeness (QED) is 0.819. The summed E-state index contributed by atoms with van der Waals surface area (Å²) in [4.78, 5) is 24.9. The highest BCUT2D eigenvalue weighted by Crippen LogP contribution is 2.42. The van der Waals surface area contributed by atoms with E-state index in [0.29, 0.717) is 19.5 Å². The summed E-state index contributed by atoms with van der Waals surface area (Å²) >= 11 is 0. The van der Waals surface area contributed by atoms with Crippen LogP contribution in [0, 0.1) is 11.3 Å². The first-order chi connectivity index (χ1) is 9.36. The number of hydrogen-bond acceptors (Lipinski definition) is 3. The standard InChI is InChI=1S/C14H24N2O4/c1-14(2)10(7-11(14)20-3)15-13(19)16-6-4-5-9(8-16)12(17)18/h9-11H,4-8H2,1-3H3,(H,15,19)(H,17,18)/t9-,10?,11?/m0/s1. The van der Waals surface area contributed by atoms with Crippen LogP contribution in [-0.4, -0.2) is 54.4 Å². The van der Waals surface area contributed by atoms with Crippen LogP contribution in [0.4, 0.5) is 4.79 Å². The van der Waals surface area contributed by atoms with Gasteiger partial charge in [-0.3, -0.25) is 4.79 Å². The zero-order valence-corrected chi connectivity index (χ0v) is 12.4. The summed E-state index contributed by atoms with van der Waals surface area (Å²) in [5.74, 6) is -1.25. The fourth-order valence-corrected chi connectivity index (χ4v) is 3.13. The van der Waals surface area contributed by atoms with Crippen LogP contribution in [-0.2, 0) is 9.53 Å². The number of carboxylic acids is 1. The summed E-state index contributed by atoms with van der Waals surface area (Å²) in [6.45, 7) is 5.09. The Hall–Kier alpha value is -1.30. The third kappa shape index (κ3) is 2.75. The van der Waals surface area contributed by atoms with Crippen molar-refractivity contribution in [2.75, 3.05) is 20.2 Å². The van der Waals surface area contributed by atoms with Gasteiger partial charge in [0.25, 0.3) is 0 Å². The van der Waals surface area contributed by atoms with Gasteiger partial charge >= 0.3 is 12.0 Å². The summed E-state index contributed by atoms with van der Waals surface area (Å²) in [6.07, 6.45) is 2.38. The molecule has 1 saturated heterocycles. The fourth-order valence-electron chi connectivity index (χ4n) is 3.13. The number of hydrogen-bond donors (Lipinski definition) is 2. The molecule has 0 aromatic heterocycles. The van der Waals surface area contributed by atoms with Crippen LogP contribution < -0.4 is 5.32 Å². The number of likely N-dealkylation sites (tertiary alicyclic amines) is 1. The van der Waals surface area contributed by atoms with E-state index in [2.05, 4.69) is 19.2 Å². The number of carbonyl (C=O) groups is 2. The minimum Gasteiger partial charge on any atom is -0.481 e. The van der Waals surface area contributed by atoms with Gasteiger partial charge in [-0.25, -0.2) is 4.79 Å². The third-order valence-electron chi connectivity index (χ3n) is 4.82. The predicted molar refractivity (Wildman–Crippen MR) is 73.4 cm³/mol. The Labute approximate surface area is 119 Å². The van der Waals surface area contributed by atoms with Crippen LogP contribution in [0.5, 0.6) is 0 Å². The van der Waals surface area contributed by atoms with Gasteiger partial charge in [-0.2, -0.15) is 0 Å². The van der Waals surface area contributed by atoms with Gasteiger partial charge in [0.15, 0.2) is 0 Å². The normalized spacial score (nSPS) is 32.4.